The van der Waals surface area contributed by atoms with E-state index in [4.69, 9.17) is 0 Å². The van der Waals surface area contributed by atoms with Gasteiger partial charge in [-0.1, -0.05) is 23.5 Å². The van der Waals surface area contributed by atoms with Crippen molar-refractivity contribution in [1.82, 2.24) is 4.98 Å². The second kappa shape index (κ2) is 5.30. The van der Waals surface area contributed by atoms with Crippen LogP contribution in [-0.2, 0) is 4.74 Å². The molecule has 1 heterocycles. The minimum Gasteiger partial charge on any atom is -0.465 e. The molecule has 0 spiro atoms. The van der Waals surface area contributed by atoms with Gasteiger partial charge in [0.1, 0.15) is 0 Å². The number of thiazole rings is 1. The van der Waals surface area contributed by atoms with Gasteiger partial charge in [-0.05, 0) is 36.4 Å². The zero-order valence-electron chi connectivity index (χ0n) is 10.8. The summed E-state index contributed by atoms with van der Waals surface area (Å²) in [5.74, 6) is -0.337. The Bertz CT molecular complexity index is 717. The summed E-state index contributed by atoms with van der Waals surface area (Å²) in [5.41, 5.74) is 2.39. The summed E-state index contributed by atoms with van der Waals surface area (Å²) < 4.78 is 5.80. The topological polar surface area (TPSA) is 51.2 Å². The van der Waals surface area contributed by atoms with Gasteiger partial charge in [0.15, 0.2) is 5.13 Å². The van der Waals surface area contributed by atoms with Crippen molar-refractivity contribution in [3.05, 3.63) is 54.1 Å². The van der Waals surface area contributed by atoms with Crippen molar-refractivity contribution >= 4 is 38.3 Å². The number of benzene rings is 2. The van der Waals surface area contributed by atoms with Gasteiger partial charge in [-0.2, -0.15) is 0 Å². The summed E-state index contributed by atoms with van der Waals surface area (Å²) in [5, 5.41) is 4.06. The number of hydrogen-bond acceptors (Lipinski definition) is 5. The fourth-order valence-corrected chi connectivity index (χ4v) is 2.74. The van der Waals surface area contributed by atoms with E-state index in [9.17, 15) is 4.79 Å². The molecule has 0 aliphatic carbocycles. The molecule has 0 bridgehead atoms. The number of carbonyl (C=O) groups excluding carboxylic acids is 1. The number of aromatic nitrogens is 1. The molecule has 0 radical (unpaired) electrons. The number of methoxy groups -OCH3 is 1. The molecular weight excluding hydrogens is 272 g/mol. The van der Waals surface area contributed by atoms with E-state index in [1.165, 1.54) is 7.11 Å². The van der Waals surface area contributed by atoms with Crippen molar-refractivity contribution in [1.29, 1.82) is 0 Å². The molecule has 0 aliphatic rings. The van der Waals surface area contributed by atoms with Crippen molar-refractivity contribution in [2.75, 3.05) is 12.4 Å². The van der Waals surface area contributed by atoms with Crippen molar-refractivity contribution < 1.29 is 9.53 Å². The Kier molecular flexibility index (Phi) is 3.35. The lowest BCUT2D eigenvalue weighted by molar-refractivity contribution is 0.0601. The smallest absolute Gasteiger partial charge is 0.337 e. The molecule has 0 aliphatic heterocycles. The first-order valence-electron chi connectivity index (χ1n) is 6.07. The Morgan fingerprint density at radius 2 is 1.90 bits per heavy atom. The van der Waals surface area contributed by atoms with Crippen LogP contribution in [0, 0.1) is 0 Å². The Labute approximate surface area is 120 Å². The van der Waals surface area contributed by atoms with Gasteiger partial charge in [0.2, 0.25) is 0 Å². The molecule has 0 saturated heterocycles. The summed E-state index contributed by atoms with van der Waals surface area (Å²) in [6, 6.07) is 15.1. The van der Waals surface area contributed by atoms with Gasteiger partial charge in [0.05, 0.1) is 22.9 Å². The molecule has 2 aromatic carbocycles. The molecule has 20 heavy (non-hydrogen) atoms. The van der Waals surface area contributed by atoms with Crippen LogP contribution in [-0.4, -0.2) is 18.1 Å². The number of anilines is 2. The summed E-state index contributed by atoms with van der Waals surface area (Å²) in [6.45, 7) is 0. The quantitative estimate of drug-likeness (QED) is 0.743. The number of carbonyl (C=O) groups is 1. The minimum atomic E-state index is -0.337. The second-order valence-electron chi connectivity index (χ2n) is 4.18. The largest absolute Gasteiger partial charge is 0.465 e. The Balaban J connectivity index is 1.82. The zero-order chi connectivity index (χ0) is 13.9. The Hall–Kier alpha value is -2.40. The molecule has 4 nitrogen and oxygen atoms in total. The molecule has 3 rings (SSSR count). The van der Waals surface area contributed by atoms with E-state index in [-0.39, 0.29) is 5.97 Å². The van der Waals surface area contributed by atoms with E-state index in [0.29, 0.717) is 5.56 Å². The highest BCUT2D eigenvalue weighted by Gasteiger charge is 2.06. The van der Waals surface area contributed by atoms with Crippen LogP contribution >= 0.6 is 11.3 Å². The molecule has 0 unspecified atom stereocenters. The minimum absolute atomic E-state index is 0.337. The maximum atomic E-state index is 11.3. The zero-order valence-corrected chi connectivity index (χ0v) is 11.6. The van der Waals surface area contributed by atoms with Crippen molar-refractivity contribution in [3.63, 3.8) is 0 Å². The molecule has 0 saturated carbocycles. The molecule has 1 N–H and O–H groups in total. The van der Waals surface area contributed by atoms with Crippen molar-refractivity contribution in [2.24, 2.45) is 0 Å². The average Bonchev–Trinajstić information content (AvgIpc) is 2.89. The van der Waals surface area contributed by atoms with Crippen LogP contribution < -0.4 is 5.32 Å². The molecule has 0 atom stereocenters. The fourth-order valence-electron chi connectivity index (χ4n) is 1.86. The number of para-hydroxylation sites is 1. The highest BCUT2D eigenvalue weighted by Crippen LogP contribution is 2.28. The third-order valence-electron chi connectivity index (χ3n) is 2.85. The number of fused-ring (bicyclic) bond motifs is 1. The molecule has 0 fully saturated rings. The van der Waals surface area contributed by atoms with E-state index < -0.39 is 0 Å². The average molecular weight is 284 g/mol. The van der Waals surface area contributed by atoms with Gasteiger partial charge in [-0.15, -0.1) is 0 Å². The lowest BCUT2D eigenvalue weighted by Gasteiger charge is -2.03. The Morgan fingerprint density at radius 1 is 1.15 bits per heavy atom. The van der Waals surface area contributed by atoms with Crippen LogP contribution in [0.4, 0.5) is 10.8 Å². The number of esters is 1. The number of nitrogens with one attached hydrogen (secondary N) is 1. The molecule has 100 valence electrons. The lowest BCUT2D eigenvalue weighted by atomic mass is 10.2. The van der Waals surface area contributed by atoms with E-state index in [1.54, 1.807) is 23.5 Å². The first kappa shape index (κ1) is 12.6. The van der Waals surface area contributed by atoms with Crippen LogP contribution in [0.15, 0.2) is 48.5 Å². The third-order valence-corrected chi connectivity index (χ3v) is 3.80. The number of hydrogen-bond donors (Lipinski definition) is 1. The number of ether oxygens (including phenoxy) is 1. The van der Waals surface area contributed by atoms with Gasteiger partial charge in [-0.3, -0.25) is 0 Å². The fraction of sp³-hybridized carbons (Fsp3) is 0.0667. The first-order valence-corrected chi connectivity index (χ1v) is 6.89. The van der Waals surface area contributed by atoms with Gasteiger partial charge in [0, 0.05) is 5.69 Å². The van der Waals surface area contributed by atoms with Gasteiger partial charge in [-0.25, -0.2) is 9.78 Å². The van der Waals surface area contributed by atoms with Crippen LogP contribution in [0.25, 0.3) is 10.2 Å². The summed E-state index contributed by atoms with van der Waals surface area (Å²) in [7, 11) is 1.37. The maximum absolute atomic E-state index is 11.3. The maximum Gasteiger partial charge on any atom is 0.337 e. The normalized spacial score (nSPS) is 10.4. The number of rotatable bonds is 3. The predicted molar refractivity (Wildman–Crippen MR) is 80.7 cm³/mol. The van der Waals surface area contributed by atoms with Crippen LogP contribution in [0.5, 0.6) is 0 Å². The summed E-state index contributed by atoms with van der Waals surface area (Å²) in [6.07, 6.45) is 0. The van der Waals surface area contributed by atoms with E-state index in [0.717, 1.165) is 21.0 Å². The van der Waals surface area contributed by atoms with Crippen LogP contribution in [0.1, 0.15) is 10.4 Å². The number of nitrogens with zero attached hydrogens (tertiary/aromatic N) is 1. The monoisotopic (exact) mass is 284 g/mol. The standard InChI is InChI=1S/C15H12N2O2S/c1-19-14(18)10-6-8-11(9-7-10)16-15-17-12-4-2-3-5-13(12)20-15/h2-9H,1H3,(H,16,17). The first-order chi connectivity index (χ1) is 9.76. The highest BCUT2D eigenvalue weighted by molar-refractivity contribution is 7.22. The predicted octanol–water partition coefficient (Wildman–Crippen LogP) is 3.83. The third kappa shape index (κ3) is 2.48. The van der Waals surface area contributed by atoms with E-state index in [1.807, 2.05) is 36.4 Å². The molecule has 0 amide bonds. The lowest BCUT2D eigenvalue weighted by Crippen LogP contribution is -2.00. The Morgan fingerprint density at radius 3 is 2.60 bits per heavy atom. The van der Waals surface area contributed by atoms with Gasteiger partial charge in [0.25, 0.3) is 0 Å². The van der Waals surface area contributed by atoms with E-state index >= 15 is 0 Å². The van der Waals surface area contributed by atoms with Crippen molar-refractivity contribution in [2.45, 2.75) is 0 Å². The highest BCUT2D eigenvalue weighted by atomic mass is 32.1. The van der Waals surface area contributed by atoms with Gasteiger partial charge >= 0.3 is 5.97 Å². The molecule has 5 heteroatoms. The second-order valence-corrected chi connectivity index (χ2v) is 5.21. The summed E-state index contributed by atoms with van der Waals surface area (Å²) in [4.78, 5) is 15.8. The molecule has 3 aromatic rings. The van der Waals surface area contributed by atoms with Crippen LogP contribution in [0.2, 0.25) is 0 Å². The van der Waals surface area contributed by atoms with Crippen molar-refractivity contribution in [3.8, 4) is 0 Å². The SMILES string of the molecule is COC(=O)c1ccc(Nc2nc3ccccc3s2)cc1. The van der Waals surface area contributed by atoms with Crippen LogP contribution in [0.3, 0.4) is 0 Å². The molecule has 1 aromatic heterocycles. The molecular formula is C15H12N2O2S. The van der Waals surface area contributed by atoms with Gasteiger partial charge < -0.3 is 10.1 Å². The van der Waals surface area contributed by atoms with E-state index in [2.05, 4.69) is 15.0 Å². The summed E-state index contributed by atoms with van der Waals surface area (Å²) >= 11 is 1.59.